The Kier molecular flexibility index (Phi) is 12.8. The number of hydrogen-bond acceptors (Lipinski definition) is 8. The van der Waals surface area contributed by atoms with Crippen molar-refractivity contribution < 1.29 is 48.9 Å². The Morgan fingerprint density at radius 1 is 0.794 bits per heavy atom. The maximum absolute atomic E-state index is 12.8. The molecule has 0 bridgehead atoms. The van der Waals surface area contributed by atoms with Gasteiger partial charge in [-0.05, 0) is 12.3 Å². The third-order valence-corrected chi connectivity index (χ3v) is 4.83. The monoisotopic (exact) mass is 489 g/mol. The topological polar surface area (TPSA) is 268 Å². The summed E-state index contributed by atoms with van der Waals surface area (Å²) in [6.07, 6.45) is -1.92. The molecule has 0 aromatic heterocycles. The Morgan fingerprint density at radius 2 is 1.32 bits per heavy atom. The van der Waals surface area contributed by atoms with Crippen LogP contribution in [0.25, 0.3) is 0 Å². The molecule has 0 rings (SSSR count). The number of nitrogens with two attached hydrogens (primary N) is 2. The zero-order chi connectivity index (χ0) is 26.6. The number of carboxylic acids is 3. The average molecular weight is 489 g/mol. The summed E-state index contributed by atoms with van der Waals surface area (Å²) in [5, 5.41) is 33.4. The van der Waals surface area contributed by atoms with E-state index in [9.17, 15) is 33.6 Å². The molecule has 10 N–H and O–H groups in total. The Labute approximate surface area is 194 Å². The van der Waals surface area contributed by atoms with E-state index in [2.05, 4.69) is 16.0 Å². The van der Waals surface area contributed by atoms with E-state index in [0.717, 1.165) is 0 Å². The highest BCUT2D eigenvalue weighted by molar-refractivity contribution is 5.95. The lowest BCUT2D eigenvalue weighted by atomic mass is 9.97. The van der Waals surface area contributed by atoms with Crippen LogP contribution >= 0.6 is 0 Å². The number of carboxylic acid groups (broad SMARTS) is 3. The highest BCUT2D eigenvalue weighted by Crippen LogP contribution is 2.10. The Hall–Kier alpha value is -3.75. The van der Waals surface area contributed by atoms with Gasteiger partial charge in [-0.2, -0.15) is 0 Å². The second kappa shape index (κ2) is 14.4. The maximum Gasteiger partial charge on any atom is 0.326 e. The lowest BCUT2D eigenvalue weighted by Crippen LogP contribution is -2.59. The molecule has 0 radical (unpaired) electrons. The molecule has 15 nitrogen and oxygen atoms in total. The van der Waals surface area contributed by atoms with Gasteiger partial charge in [-0.15, -0.1) is 0 Å². The number of amides is 4. The molecule has 0 saturated carbocycles. The van der Waals surface area contributed by atoms with Crippen molar-refractivity contribution in [3.05, 3.63) is 0 Å². The molecule has 0 heterocycles. The van der Waals surface area contributed by atoms with Crippen LogP contribution in [0.2, 0.25) is 0 Å². The Bertz CT molecular complexity index is 802. The van der Waals surface area contributed by atoms with Crippen LogP contribution < -0.4 is 27.4 Å². The number of hydrogen-bond donors (Lipinski definition) is 8. The van der Waals surface area contributed by atoms with E-state index >= 15 is 0 Å². The Morgan fingerprint density at radius 3 is 1.76 bits per heavy atom. The first-order valence-corrected chi connectivity index (χ1v) is 10.3. The van der Waals surface area contributed by atoms with E-state index in [0.29, 0.717) is 6.42 Å². The van der Waals surface area contributed by atoms with Crippen LogP contribution in [0.1, 0.15) is 46.0 Å². The molecular formula is C19H31N5O10. The van der Waals surface area contributed by atoms with Crippen molar-refractivity contribution in [3.63, 3.8) is 0 Å². The minimum Gasteiger partial charge on any atom is -0.481 e. The van der Waals surface area contributed by atoms with Crippen LogP contribution in [0, 0.1) is 5.92 Å². The van der Waals surface area contributed by atoms with Crippen molar-refractivity contribution in [2.24, 2.45) is 17.4 Å². The third kappa shape index (κ3) is 11.2. The van der Waals surface area contributed by atoms with E-state index in [4.69, 9.17) is 26.8 Å². The van der Waals surface area contributed by atoms with Gasteiger partial charge in [-0.3, -0.25) is 28.8 Å². The molecule has 0 aromatic rings. The summed E-state index contributed by atoms with van der Waals surface area (Å²) in [6.45, 7) is 3.25. The predicted molar refractivity (Wildman–Crippen MR) is 114 cm³/mol. The zero-order valence-electron chi connectivity index (χ0n) is 18.8. The summed E-state index contributed by atoms with van der Waals surface area (Å²) >= 11 is 0. The maximum atomic E-state index is 12.8. The van der Waals surface area contributed by atoms with Gasteiger partial charge in [0.2, 0.25) is 23.6 Å². The van der Waals surface area contributed by atoms with E-state index in [1.807, 2.05) is 0 Å². The highest BCUT2D eigenvalue weighted by Gasteiger charge is 2.33. The zero-order valence-corrected chi connectivity index (χ0v) is 18.8. The van der Waals surface area contributed by atoms with E-state index in [1.165, 1.54) is 0 Å². The van der Waals surface area contributed by atoms with Crippen molar-refractivity contribution in [1.82, 2.24) is 16.0 Å². The smallest absolute Gasteiger partial charge is 0.326 e. The quantitative estimate of drug-likeness (QED) is 0.109. The molecular weight excluding hydrogens is 458 g/mol. The SMILES string of the molecule is CC[C@H](C)[C@H](NC(=O)[C@H](CCC(N)=O)NC(=O)[C@@H](N)CC(=O)O)C(=O)N[C@@H](CC(=O)O)C(=O)O. The van der Waals surface area contributed by atoms with Gasteiger partial charge in [-0.1, -0.05) is 20.3 Å². The minimum absolute atomic E-state index is 0.293. The minimum atomic E-state index is -1.76. The van der Waals surface area contributed by atoms with Crippen LogP contribution in [-0.4, -0.2) is 81.0 Å². The van der Waals surface area contributed by atoms with Gasteiger partial charge in [0, 0.05) is 6.42 Å². The number of nitrogens with one attached hydrogen (secondary N) is 3. The molecule has 4 amide bonds. The molecule has 34 heavy (non-hydrogen) atoms. The van der Waals surface area contributed by atoms with E-state index in [1.54, 1.807) is 13.8 Å². The second-order valence-corrected chi connectivity index (χ2v) is 7.64. The number of carbonyl (C=O) groups excluding carboxylic acids is 4. The van der Waals surface area contributed by atoms with Crippen molar-refractivity contribution in [1.29, 1.82) is 0 Å². The fourth-order valence-electron chi connectivity index (χ4n) is 2.71. The number of primary amides is 1. The number of rotatable bonds is 16. The summed E-state index contributed by atoms with van der Waals surface area (Å²) in [5.41, 5.74) is 10.6. The fraction of sp³-hybridized carbons (Fsp3) is 0.632. The van der Waals surface area contributed by atoms with Gasteiger partial charge in [0.05, 0.1) is 18.9 Å². The molecule has 0 aromatic carbocycles. The molecule has 0 fully saturated rings. The molecule has 192 valence electrons. The van der Waals surface area contributed by atoms with Crippen LogP contribution in [0.3, 0.4) is 0 Å². The van der Waals surface area contributed by atoms with Gasteiger partial charge >= 0.3 is 17.9 Å². The first-order chi connectivity index (χ1) is 15.7. The molecule has 0 spiro atoms. The lowest BCUT2D eigenvalue weighted by molar-refractivity contribution is -0.147. The van der Waals surface area contributed by atoms with Crippen molar-refractivity contribution >= 4 is 41.5 Å². The summed E-state index contributed by atoms with van der Waals surface area (Å²) < 4.78 is 0. The van der Waals surface area contributed by atoms with Crippen molar-refractivity contribution in [3.8, 4) is 0 Å². The summed E-state index contributed by atoms with van der Waals surface area (Å²) in [7, 11) is 0. The summed E-state index contributed by atoms with van der Waals surface area (Å²) in [4.78, 5) is 81.7. The number of aliphatic carboxylic acids is 3. The largest absolute Gasteiger partial charge is 0.481 e. The molecule has 0 aliphatic rings. The molecule has 15 heteroatoms. The first kappa shape index (κ1) is 30.2. The molecule has 0 saturated heterocycles. The first-order valence-electron chi connectivity index (χ1n) is 10.3. The van der Waals surface area contributed by atoms with Crippen molar-refractivity contribution in [2.75, 3.05) is 0 Å². The van der Waals surface area contributed by atoms with E-state index < -0.39 is 84.5 Å². The standard InChI is InChI=1S/C19H31N5O10/c1-3-8(2)15(18(32)23-11(19(33)34)7-14(28)29)24-17(31)10(4-5-12(21)25)22-16(30)9(20)6-13(26)27/h8-11,15H,3-7,20H2,1-2H3,(H2,21,25)(H,22,30)(H,23,32)(H,24,31)(H,26,27)(H,28,29)(H,33,34)/t8-,9-,10-,11-,15-/m0/s1. The van der Waals surface area contributed by atoms with Crippen LogP contribution in [0.15, 0.2) is 0 Å². The van der Waals surface area contributed by atoms with E-state index in [-0.39, 0.29) is 12.8 Å². The van der Waals surface area contributed by atoms with Gasteiger partial charge in [-0.25, -0.2) is 4.79 Å². The van der Waals surface area contributed by atoms with Gasteiger partial charge in [0.25, 0.3) is 0 Å². The second-order valence-electron chi connectivity index (χ2n) is 7.64. The van der Waals surface area contributed by atoms with Crippen LogP contribution in [0.4, 0.5) is 0 Å². The molecule has 0 unspecified atom stereocenters. The van der Waals surface area contributed by atoms with Crippen LogP contribution in [0.5, 0.6) is 0 Å². The molecule has 0 aliphatic carbocycles. The average Bonchev–Trinajstić information content (AvgIpc) is 2.72. The predicted octanol–water partition coefficient (Wildman–Crippen LogP) is -2.89. The van der Waals surface area contributed by atoms with Crippen LogP contribution in [-0.2, 0) is 33.6 Å². The van der Waals surface area contributed by atoms with Crippen molar-refractivity contribution in [2.45, 2.75) is 70.1 Å². The normalized spacial score (nSPS) is 15.0. The third-order valence-electron chi connectivity index (χ3n) is 4.83. The van der Waals surface area contributed by atoms with Gasteiger partial charge in [0.15, 0.2) is 0 Å². The summed E-state index contributed by atoms with van der Waals surface area (Å²) in [5.74, 6) is -8.68. The molecule has 5 atom stereocenters. The number of carbonyl (C=O) groups is 7. The van der Waals surface area contributed by atoms with Gasteiger partial charge < -0.3 is 42.7 Å². The summed E-state index contributed by atoms with van der Waals surface area (Å²) in [6, 6.07) is -6.00. The Balaban J connectivity index is 5.65. The van der Waals surface area contributed by atoms with Gasteiger partial charge in [0.1, 0.15) is 18.1 Å². The fourth-order valence-corrected chi connectivity index (χ4v) is 2.71. The lowest BCUT2D eigenvalue weighted by Gasteiger charge is -2.27. The molecule has 0 aliphatic heterocycles. The highest BCUT2D eigenvalue weighted by atomic mass is 16.4.